The summed E-state index contributed by atoms with van der Waals surface area (Å²) in [5.74, 6) is 2.05. The molecule has 2 aromatic heterocycles. The standard InChI is InChI=1S/C23H35N9O/c1-29-10-6-19(7-11-29)32-16-18(14-26-32)27-22-25-15-20(17-4-5-17)21(28-22)24-8-3-9-31-13-12-30(2)23(31)33/h14-17,19H,3-13H2,1-2H3,(H2,24,25,27,28). The third-order valence-electron chi connectivity index (χ3n) is 6.95. The van der Waals surface area contributed by atoms with Crippen molar-refractivity contribution in [2.24, 2.45) is 0 Å². The molecule has 1 saturated carbocycles. The lowest BCUT2D eigenvalue weighted by atomic mass is 10.1. The number of likely N-dealkylation sites (tertiary alicyclic amines) is 1. The topological polar surface area (TPSA) is 94.5 Å². The molecule has 0 unspecified atom stereocenters. The van der Waals surface area contributed by atoms with Gasteiger partial charge in [-0.25, -0.2) is 9.78 Å². The Morgan fingerprint density at radius 2 is 1.88 bits per heavy atom. The molecule has 2 aliphatic heterocycles. The minimum atomic E-state index is 0.128. The van der Waals surface area contributed by atoms with E-state index in [-0.39, 0.29) is 6.03 Å². The van der Waals surface area contributed by atoms with Gasteiger partial charge < -0.3 is 25.3 Å². The van der Waals surface area contributed by atoms with Crippen LogP contribution in [0.25, 0.3) is 0 Å². The van der Waals surface area contributed by atoms with Crippen LogP contribution in [-0.4, -0.2) is 93.8 Å². The van der Waals surface area contributed by atoms with Crippen LogP contribution in [0.3, 0.4) is 0 Å². The highest BCUT2D eigenvalue weighted by Crippen LogP contribution is 2.42. The molecule has 178 valence electrons. The minimum absolute atomic E-state index is 0.128. The molecular weight excluding hydrogens is 418 g/mol. The summed E-state index contributed by atoms with van der Waals surface area (Å²) in [7, 11) is 4.03. The predicted octanol–water partition coefficient (Wildman–Crippen LogP) is 2.73. The number of urea groups is 1. The van der Waals surface area contributed by atoms with E-state index in [1.165, 1.54) is 18.4 Å². The lowest BCUT2D eigenvalue weighted by molar-refractivity contribution is 0.198. The summed E-state index contributed by atoms with van der Waals surface area (Å²) in [6.45, 7) is 5.38. The Balaban J connectivity index is 1.19. The summed E-state index contributed by atoms with van der Waals surface area (Å²) < 4.78 is 2.07. The van der Waals surface area contributed by atoms with E-state index in [9.17, 15) is 4.79 Å². The average molecular weight is 454 g/mol. The van der Waals surface area contributed by atoms with Crippen LogP contribution < -0.4 is 10.6 Å². The van der Waals surface area contributed by atoms with E-state index in [0.29, 0.717) is 17.9 Å². The van der Waals surface area contributed by atoms with Crippen LogP contribution >= 0.6 is 0 Å². The summed E-state index contributed by atoms with van der Waals surface area (Å²) in [5.41, 5.74) is 2.11. The number of hydrogen-bond acceptors (Lipinski definition) is 7. The first-order valence-electron chi connectivity index (χ1n) is 12.2. The van der Waals surface area contributed by atoms with Crippen molar-refractivity contribution in [3.05, 3.63) is 24.2 Å². The molecule has 0 spiro atoms. The molecule has 1 aliphatic carbocycles. The highest BCUT2D eigenvalue weighted by Gasteiger charge is 2.28. The molecule has 2 aromatic rings. The van der Waals surface area contributed by atoms with Crippen molar-refractivity contribution in [3.8, 4) is 0 Å². The second-order valence-corrected chi connectivity index (χ2v) is 9.61. The van der Waals surface area contributed by atoms with Gasteiger partial charge in [-0.15, -0.1) is 0 Å². The molecule has 0 bridgehead atoms. The van der Waals surface area contributed by atoms with Crippen LogP contribution in [0.15, 0.2) is 18.6 Å². The molecule has 0 radical (unpaired) electrons. The van der Waals surface area contributed by atoms with E-state index in [1.54, 1.807) is 4.90 Å². The normalized spacial score (nSPS) is 20.0. The number of nitrogens with zero attached hydrogens (tertiary/aromatic N) is 7. The van der Waals surface area contributed by atoms with Crippen molar-refractivity contribution in [2.45, 2.75) is 44.1 Å². The Bertz CT molecular complexity index is 965. The molecule has 3 fully saturated rings. The van der Waals surface area contributed by atoms with E-state index in [4.69, 9.17) is 4.98 Å². The van der Waals surface area contributed by atoms with Crippen LogP contribution in [0.4, 0.5) is 22.2 Å². The number of aromatic nitrogens is 4. The Morgan fingerprint density at radius 3 is 2.61 bits per heavy atom. The van der Waals surface area contributed by atoms with Gasteiger partial charge in [-0.2, -0.15) is 10.1 Å². The first-order chi connectivity index (χ1) is 16.1. The van der Waals surface area contributed by atoms with Gasteiger partial charge in [0.1, 0.15) is 5.82 Å². The third-order valence-corrected chi connectivity index (χ3v) is 6.95. The van der Waals surface area contributed by atoms with E-state index in [2.05, 4.69) is 43.5 Å². The van der Waals surface area contributed by atoms with Gasteiger partial charge in [0.15, 0.2) is 0 Å². The molecule has 2 saturated heterocycles. The number of carbonyl (C=O) groups excluding carboxylic acids is 1. The van der Waals surface area contributed by atoms with Crippen molar-refractivity contribution in [1.29, 1.82) is 0 Å². The van der Waals surface area contributed by atoms with Crippen molar-refractivity contribution in [3.63, 3.8) is 0 Å². The summed E-state index contributed by atoms with van der Waals surface area (Å²) >= 11 is 0. The lowest BCUT2D eigenvalue weighted by Crippen LogP contribution is -2.31. The second-order valence-electron chi connectivity index (χ2n) is 9.61. The fourth-order valence-electron chi connectivity index (χ4n) is 4.66. The van der Waals surface area contributed by atoms with Gasteiger partial charge in [0.25, 0.3) is 0 Å². The number of hydrogen-bond donors (Lipinski definition) is 2. The highest BCUT2D eigenvalue weighted by molar-refractivity contribution is 5.76. The van der Waals surface area contributed by atoms with Crippen molar-refractivity contribution < 1.29 is 4.79 Å². The fraction of sp³-hybridized carbons (Fsp3) is 0.652. The molecule has 2 amide bonds. The molecule has 10 heteroatoms. The zero-order valence-electron chi connectivity index (χ0n) is 19.7. The van der Waals surface area contributed by atoms with Gasteiger partial charge in [-0.3, -0.25) is 4.68 Å². The molecule has 0 atom stereocenters. The zero-order valence-corrected chi connectivity index (χ0v) is 19.7. The van der Waals surface area contributed by atoms with Crippen LogP contribution in [0.5, 0.6) is 0 Å². The molecule has 5 rings (SSSR count). The summed E-state index contributed by atoms with van der Waals surface area (Å²) in [4.78, 5) is 27.5. The largest absolute Gasteiger partial charge is 0.370 e. The van der Waals surface area contributed by atoms with Gasteiger partial charge in [-0.1, -0.05) is 0 Å². The van der Waals surface area contributed by atoms with Crippen LogP contribution in [0.2, 0.25) is 0 Å². The molecule has 4 heterocycles. The molecule has 33 heavy (non-hydrogen) atoms. The Labute approximate surface area is 195 Å². The Kier molecular flexibility index (Phi) is 6.34. The van der Waals surface area contributed by atoms with Gasteiger partial charge in [0.05, 0.1) is 17.9 Å². The zero-order chi connectivity index (χ0) is 22.8. The summed E-state index contributed by atoms with van der Waals surface area (Å²) in [6, 6.07) is 0.581. The number of nitrogens with one attached hydrogen (secondary N) is 2. The summed E-state index contributed by atoms with van der Waals surface area (Å²) in [5, 5.41) is 11.4. The molecule has 2 N–H and O–H groups in total. The minimum Gasteiger partial charge on any atom is -0.370 e. The van der Waals surface area contributed by atoms with Crippen LogP contribution in [0, 0.1) is 0 Å². The van der Waals surface area contributed by atoms with Gasteiger partial charge in [0, 0.05) is 51.2 Å². The number of rotatable bonds is 9. The average Bonchev–Trinajstić information content (AvgIpc) is 3.48. The Hall–Kier alpha value is -2.88. The van der Waals surface area contributed by atoms with Crippen molar-refractivity contribution >= 4 is 23.5 Å². The first-order valence-corrected chi connectivity index (χ1v) is 12.2. The maximum absolute atomic E-state index is 12.1. The van der Waals surface area contributed by atoms with Gasteiger partial charge in [0.2, 0.25) is 5.95 Å². The highest BCUT2D eigenvalue weighted by atomic mass is 16.2. The number of amides is 2. The smallest absolute Gasteiger partial charge is 0.319 e. The van der Waals surface area contributed by atoms with Crippen molar-refractivity contribution in [1.82, 2.24) is 34.4 Å². The third kappa shape index (κ3) is 5.21. The van der Waals surface area contributed by atoms with E-state index >= 15 is 0 Å². The lowest BCUT2D eigenvalue weighted by Gasteiger charge is -2.28. The van der Waals surface area contributed by atoms with E-state index in [0.717, 1.165) is 70.0 Å². The first kappa shape index (κ1) is 21.9. The molecule has 3 aliphatic rings. The molecular formula is C23H35N9O. The fourth-order valence-corrected chi connectivity index (χ4v) is 4.66. The number of piperidine rings is 1. The predicted molar refractivity (Wildman–Crippen MR) is 128 cm³/mol. The van der Waals surface area contributed by atoms with Crippen LogP contribution in [0.1, 0.15) is 49.6 Å². The maximum atomic E-state index is 12.1. The van der Waals surface area contributed by atoms with E-state index in [1.807, 2.05) is 24.3 Å². The van der Waals surface area contributed by atoms with Crippen LogP contribution in [-0.2, 0) is 0 Å². The molecule has 10 nitrogen and oxygen atoms in total. The molecule has 0 aromatic carbocycles. The van der Waals surface area contributed by atoms with Gasteiger partial charge >= 0.3 is 6.03 Å². The SMILES string of the molecule is CN1CCC(n2cc(Nc3ncc(C4CC4)c(NCCCN4CCN(C)C4=O)n3)cn2)CC1. The summed E-state index contributed by atoms with van der Waals surface area (Å²) in [6.07, 6.45) is 11.4. The van der Waals surface area contributed by atoms with E-state index < -0.39 is 0 Å². The monoisotopic (exact) mass is 453 g/mol. The van der Waals surface area contributed by atoms with Gasteiger partial charge in [-0.05, 0) is 58.2 Å². The number of carbonyl (C=O) groups is 1. The number of anilines is 3. The quantitative estimate of drug-likeness (QED) is 0.564. The Morgan fingerprint density at radius 1 is 1.06 bits per heavy atom. The maximum Gasteiger partial charge on any atom is 0.319 e. The van der Waals surface area contributed by atoms with Crippen molar-refractivity contribution in [2.75, 3.05) is 64.0 Å². The second kappa shape index (κ2) is 9.54. The number of likely N-dealkylation sites (N-methyl/N-ethyl adjacent to an activating group) is 1.